The maximum atomic E-state index is 12.7. The van der Waals surface area contributed by atoms with Crippen molar-refractivity contribution >= 4 is 38.8 Å². The van der Waals surface area contributed by atoms with Crippen LogP contribution in [0.3, 0.4) is 0 Å². The highest BCUT2D eigenvalue weighted by Gasteiger charge is 2.26. The average molecular weight is 475 g/mol. The molecule has 7 nitrogen and oxygen atoms in total. The fourth-order valence-electron chi connectivity index (χ4n) is 3.22. The van der Waals surface area contributed by atoms with E-state index in [1.165, 1.54) is 9.87 Å². The normalized spacial score (nSPS) is 15.9. The molecule has 2 N–H and O–H groups in total. The van der Waals surface area contributed by atoms with Crippen molar-refractivity contribution in [2.75, 3.05) is 31.6 Å². The lowest BCUT2D eigenvalue weighted by atomic mass is 9.86. The Balaban J connectivity index is 1.59. The van der Waals surface area contributed by atoms with Crippen LogP contribution in [0.5, 0.6) is 0 Å². The molecule has 0 aliphatic carbocycles. The van der Waals surface area contributed by atoms with Crippen LogP contribution >= 0.6 is 12.2 Å². The number of rotatable bonds is 5. The highest BCUT2D eigenvalue weighted by atomic mass is 32.2. The van der Waals surface area contributed by atoms with Crippen molar-refractivity contribution in [2.24, 2.45) is 5.10 Å². The minimum absolute atomic E-state index is 0.102. The van der Waals surface area contributed by atoms with E-state index in [0.29, 0.717) is 37.1 Å². The van der Waals surface area contributed by atoms with E-state index in [2.05, 4.69) is 48.7 Å². The zero-order valence-corrected chi connectivity index (χ0v) is 20.5. The van der Waals surface area contributed by atoms with Gasteiger partial charge in [-0.1, -0.05) is 45.0 Å². The number of anilines is 1. The van der Waals surface area contributed by atoms with Crippen molar-refractivity contribution < 1.29 is 13.2 Å². The minimum atomic E-state index is -3.52. The van der Waals surface area contributed by atoms with Crippen molar-refractivity contribution in [3.8, 4) is 0 Å². The summed E-state index contributed by atoms with van der Waals surface area (Å²) in [5.74, 6) is 0. The summed E-state index contributed by atoms with van der Waals surface area (Å²) < 4.78 is 32.1. The van der Waals surface area contributed by atoms with Gasteiger partial charge in [0.25, 0.3) is 0 Å². The molecule has 1 aliphatic rings. The standard InChI is InChI=1S/C23H30N4O3S2/c1-17(18-5-7-19(8-6-18)23(2,3)4)25-26-22(31)24-20-9-11-21(12-10-20)32(28,29)27-13-15-30-16-14-27/h5-12H,13-16H2,1-4H3,(H2,24,26,31)/b25-17+. The van der Waals surface area contributed by atoms with Gasteiger partial charge in [0.1, 0.15) is 0 Å². The fraction of sp³-hybridized carbons (Fsp3) is 0.391. The molecule has 172 valence electrons. The van der Waals surface area contributed by atoms with Crippen molar-refractivity contribution in [3.05, 3.63) is 59.7 Å². The Morgan fingerprint density at radius 1 is 1.03 bits per heavy atom. The molecule has 0 bridgehead atoms. The van der Waals surface area contributed by atoms with E-state index >= 15 is 0 Å². The van der Waals surface area contributed by atoms with Crippen LogP contribution in [0.25, 0.3) is 0 Å². The zero-order valence-electron chi connectivity index (χ0n) is 18.9. The summed E-state index contributed by atoms with van der Waals surface area (Å²) in [6, 6.07) is 14.8. The quantitative estimate of drug-likeness (QED) is 0.391. The van der Waals surface area contributed by atoms with Crippen molar-refractivity contribution in [1.29, 1.82) is 0 Å². The van der Waals surface area contributed by atoms with E-state index in [0.717, 1.165) is 11.3 Å². The molecule has 1 aliphatic heterocycles. The average Bonchev–Trinajstić information content (AvgIpc) is 2.78. The van der Waals surface area contributed by atoms with Gasteiger partial charge in [-0.15, -0.1) is 0 Å². The van der Waals surface area contributed by atoms with Crippen LogP contribution in [0.4, 0.5) is 5.69 Å². The Morgan fingerprint density at radius 2 is 1.62 bits per heavy atom. The Bertz CT molecular complexity index is 1070. The summed E-state index contributed by atoms with van der Waals surface area (Å²) in [4.78, 5) is 0.247. The van der Waals surface area contributed by atoms with Crippen molar-refractivity contribution in [3.63, 3.8) is 0 Å². The van der Waals surface area contributed by atoms with E-state index in [9.17, 15) is 8.42 Å². The molecule has 0 amide bonds. The monoisotopic (exact) mass is 474 g/mol. The highest BCUT2D eigenvalue weighted by molar-refractivity contribution is 7.89. The molecule has 1 saturated heterocycles. The maximum absolute atomic E-state index is 12.7. The third-order valence-corrected chi connectivity index (χ3v) is 7.32. The van der Waals surface area contributed by atoms with Gasteiger partial charge < -0.3 is 10.1 Å². The van der Waals surface area contributed by atoms with Crippen LogP contribution < -0.4 is 10.7 Å². The first-order valence-corrected chi connectivity index (χ1v) is 12.3. The number of nitrogens with one attached hydrogen (secondary N) is 2. The largest absolute Gasteiger partial charge is 0.379 e. The van der Waals surface area contributed by atoms with E-state index in [-0.39, 0.29) is 10.3 Å². The second kappa shape index (κ2) is 10.1. The van der Waals surface area contributed by atoms with Crippen LogP contribution in [0.15, 0.2) is 58.5 Å². The summed E-state index contributed by atoms with van der Waals surface area (Å²) >= 11 is 5.31. The predicted molar refractivity (Wildman–Crippen MR) is 133 cm³/mol. The fourth-order valence-corrected chi connectivity index (χ4v) is 4.79. The minimum Gasteiger partial charge on any atom is -0.379 e. The Kier molecular flexibility index (Phi) is 7.66. The lowest BCUT2D eigenvalue weighted by Crippen LogP contribution is -2.40. The number of hydrazone groups is 1. The summed E-state index contributed by atoms with van der Waals surface area (Å²) in [5.41, 5.74) is 6.69. The SMILES string of the molecule is C/C(=N\NC(=S)Nc1ccc(S(=O)(=O)N2CCOCC2)cc1)c1ccc(C(C)(C)C)cc1. The molecule has 1 fully saturated rings. The number of hydrogen-bond acceptors (Lipinski definition) is 5. The lowest BCUT2D eigenvalue weighted by molar-refractivity contribution is 0.0730. The topological polar surface area (TPSA) is 83.0 Å². The van der Waals surface area contributed by atoms with E-state index in [1.54, 1.807) is 24.3 Å². The number of nitrogens with zero attached hydrogens (tertiary/aromatic N) is 2. The number of benzene rings is 2. The number of sulfonamides is 1. The Morgan fingerprint density at radius 3 is 2.19 bits per heavy atom. The molecular formula is C23H30N4O3S2. The predicted octanol–water partition coefficient (Wildman–Crippen LogP) is 3.72. The molecule has 0 aromatic heterocycles. The summed E-state index contributed by atoms with van der Waals surface area (Å²) in [6.45, 7) is 10.0. The molecule has 0 atom stereocenters. The zero-order chi connectivity index (χ0) is 23.4. The third-order valence-electron chi connectivity index (χ3n) is 5.21. The molecule has 2 aromatic carbocycles. The molecule has 9 heteroatoms. The molecule has 3 rings (SSSR count). The van der Waals surface area contributed by atoms with Crippen molar-refractivity contribution in [2.45, 2.75) is 38.0 Å². The molecule has 2 aromatic rings. The maximum Gasteiger partial charge on any atom is 0.243 e. The third kappa shape index (κ3) is 6.13. The molecule has 1 heterocycles. The van der Waals surface area contributed by atoms with Gasteiger partial charge in [-0.2, -0.15) is 9.41 Å². The second-order valence-electron chi connectivity index (χ2n) is 8.63. The molecule has 0 spiro atoms. The van der Waals surface area contributed by atoms with Gasteiger partial charge in [0, 0.05) is 18.8 Å². The van der Waals surface area contributed by atoms with Gasteiger partial charge in [-0.05, 0) is 59.9 Å². The van der Waals surface area contributed by atoms with Gasteiger partial charge in [0.15, 0.2) is 5.11 Å². The van der Waals surface area contributed by atoms with E-state index in [1.807, 2.05) is 19.1 Å². The first-order chi connectivity index (χ1) is 15.1. The smallest absolute Gasteiger partial charge is 0.243 e. The number of thiocarbonyl (C=S) groups is 1. The van der Waals surface area contributed by atoms with Crippen LogP contribution in [0, 0.1) is 0 Å². The Hall–Kier alpha value is -2.33. The van der Waals surface area contributed by atoms with Gasteiger partial charge >= 0.3 is 0 Å². The first kappa shape index (κ1) is 24.3. The van der Waals surface area contributed by atoms with Crippen LogP contribution in [-0.2, 0) is 20.2 Å². The lowest BCUT2D eigenvalue weighted by Gasteiger charge is -2.26. The van der Waals surface area contributed by atoms with Gasteiger partial charge in [-0.25, -0.2) is 8.42 Å². The molecule has 32 heavy (non-hydrogen) atoms. The highest BCUT2D eigenvalue weighted by Crippen LogP contribution is 2.22. The van der Waals surface area contributed by atoms with Crippen LogP contribution in [-0.4, -0.2) is 49.9 Å². The Labute approximate surface area is 195 Å². The molecular weight excluding hydrogens is 444 g/mol. The molecule has 0 radical (unpaired) electrons. The summed E-state index contributed by atoms with van der Waals surface area (Å²) in [6.07, 6.45) is 0. The van der Waals surface area contributed by atoms with Crippen LogP contribution in [0.1, 0.15) is 38.8 Å². The molecule has 0 unspecified atom stereocenters. The summed E-state index contributed by atoms with van der Waals surface area (Å²) in [5, 5.41) is 7.69. The van der Waals surface area contributed by atoms with Crippen LogP contribution in [0.2, 0.25) is 0 Å². The number of morpholine rings is 1. The van der Waals surface area contributed by atoms with Crippen molar-refractivity contribution in [1.82, 2.24) is 9.73 Å². The van der Waals surface area contributed by atoms with E-state index < -0.39 is 10.0 Å². The molecule has 0 saturated carbocycles. The van der Waals surface area contributed by atoms with Gasteiger partial charge in [-0.3, -0.25) is 5.43 Å². The first-order valence-electron chi connectivity index (χ1n) is 10.5. The summed E-state index contributed by atoms with van der Waals surface area (Å²) in [7, 11) is -3.52. The van der Waals surface area contributed by atoms with Gasteiger partial charge in [0.2, 0.25) is 10.0 Å². The van der Waals surface area contributed by atoms with E-state index in [4.69, 9.17) is 17.0 Å². The van der Waals surface area contributed by atoms with Gasteiger partial charge in [0.05, 0.1) is 23.8 Å². The number of hydrogen-bond donors (Lipinski definition) is 2. The second-order valence-corrected chi connectivity index (χ2v) is 11.0. The number of ether oxygens (including phenoxy) is 1.